The Morgan fingerprint density at radius 3 is 2.07 bits per heavy atom. The normalized spacial score (nSPS) is 11.6. The molecule has 0 amide bonds. The van der Waals surface area contributed by atoms with Crippen LogP contribution in [0, 0.1) is 0 Å². The van der Waals surface area contributed by atoms with Crippen LogP contribution in [0.25, 0.3) is 0 Å². The van der Waals surface area contributed by atoms with Gasteiger partial charge in [0.05, 0.1) is 7.11 Å². The van der Waals surface area contributed by atoms with Crippen molar-refractivity contribution < 1.29 is 32.6 Å². The standard InChI is InChI=1S/C23H18F2O5/c1-28-18-14-8-13-17(21(18)30-23(24)25)22(27)29-20(16-11-6-3-7-12-16)19(26)15-9-4-2-5-10-15/h2-14,20,23H,1H3. The van der Waals surface area contributed by atoms with Gasteiger partial charge in [-0.25, -0.2) is 4.79 Å². The summed E-state index contributed by atoms with van der Waals surface area (Å²) in [7, 11) is 1.26. The number of benzene rings is 3. The van der Waals surface area contributed by atoms with Crippen molar-refractivity contribution in [3.05, 3.63) is 95.6 Å². The molecule has 7 heteroatoms. The van der Waals surface area contributed by atoms with Crippen LogP contribution in [0.2, 0.25) is 0 Å². The molecule has 1 atom stereocenters. The number of esters is 1. The van der Waals surface area contributed by atoms with Gasteiger partial charge in [-0.2, -0.15) is 8.78 Å². The fraction of sp³-hybridized carbons (Fsp3) is 0.130. The van der Waals surface area contributed by atoms with Crippen LogP contribution in [0.4, 0.5) is 8.78 Å². The highest BCUT2D eigenvalue weighted by Gasteiger charge is 2.29. The number of ether oxygens (including phenoxy) is 3. The van der Waals surface area contributed by atoms with Crippen LogP contribution in [0.3, 0.4) is 0 Å². The van der Waals surface area contributed by atoms with E-state index in [9.17, 15) is 18.4 Å². The molecule has 0 aliphatic rings. The second-order valence-electron chi connectivity index (χ2n) is 6.14. The predicted octanol–water partition coefficient (Wildman–Crippen LogP) is 5.08. The van der Waals surface area contributed by atoms with E-state index in [4.69, 9.17) is 9.47 Å². The number of carbonyl (C=O) groups is 2. The zero-order valence-electron chi connectivity index (χ0n) is 16.0. The van der Waals surface area contributed by atoms with Crippen LogP contribution >= 0.6 is 0 Å². The minimum Gasteiger partial charge on any atom is -0.493 e. The Hall–Kier alpha value is -3.74. The lowest BCUT2D eigenvalue weighted by molar-refractivity contribution is -0.0519. The van der Waals surface area contributed by atoms with Crippen molar-refractivity contribution in [3.63, 3.8) is 0 Å². The number of ketones is 1. The molecule has 0 saturated heterocycles. The maximum absolute atomic E-state index is 13.0. The zero-order valence-corrected chi connectivity index (χ0v) is 16.0. The first-order chi connectivity index (χ1) is 14.5. The van der Waals surface area contributed by atoms with E-state index in [1.54, 1.807) is 60.7 Å². The molecule has 5 nitrogen and oxygen atoms in total. The van der Waals surface area contributed by atoms with E-state index in [1.165, 1.54) is 25.3 Å². The van der Waals surface area contributed by atoms with E-state index in [0.29, 0.717) is 11.1 Å². The first kappa shape index (κ1) is 21.0. The molecule has 0 bridgehead atoms. The maximum Gasteiger partial charge on any atom is 0.387 e. The van der Waals surface area contributed by atoms with Crippen LogP contribution in [0.1, 0.15) is 32.4 Å². The predicted molar refractivity (Wildman–Crippen MR) is 105 cm³/mol. The van der Waals surface area contributed by atoms with Crippen LogP contribution in [0.5, 0.6) is 11.5 Å². The lowest BCUT2D eigenvalue weighted by atomic mass is 9.99. The van der Waals surface area contributed by atoms with Crippen molar-refractivity contribution >= 4 is 11.8 Å². The Morgan fingerprint density at radius 2 is 1.47 bits per heavy atom. The van der Waals surface area contributed by atoms with Crippen molar-refractivity contribution in [1.29, 1.82) is 0 Å². The highest BCUT2D eigenvalue weighted by Crippen LogP contribution is 2.34. The van der Waals surface area contributed by atoms with Gasteiger partial charge in [-0.15, -0.1) is 0 Å². The number of halogens is 2. The molecule has 0 aliphatic carbocycles. The summed E-state index contributed by atoms with van der Waals surface area (Å²) in [6.45, 7) is -3.18. The van der Waals surface area contributed by atoms with Gasteiger partial charge in [0.2, 0.25) is 5.78 Å². The minimum absolute atomic E-state index is 0.0598. The second-order valence-corrected chi connectivity index (χ2v) is 6.14. The Bertz CT molecular complexity index is 1010. The molecule has 0 spiro atoms. The average Bonchev–Trinajstić information content (AvgIpc) is 2.77. The fourth-order valence-electron chi connectivity index (χ4n) is 2.87. The Morgan fingerprint density at radius 1 is 0.833 bits per heavy atom. The Balaban J connectivity index is 1.98. The summed E-state index contributed by atoms with van der Waals surface area (Å²) in [5.41, 5.74) is 0.504. The molecular weight excluding hydrogens is 394 g/mol. The fourth-order valence-corrected chi connectivity index (χ4v) is 2.87. The summed E-state index contributed by atoms with van der Waals surface area (Å²) in [5, 5.41) is 0. The molecule has 0 radical (unpaired) electrons. The average molecular weight is 412 g/mol. The maximum atomic E-state index is 13.0. The van der Waals surface area contributed by atoms with E-state index in [-0.39, 0.29) is 11.3 Å². The highest BCUT2D eigenvalue weighted by atomic mass is 19.3. The van der Waals surface area contributed by atoms with Gasteiger partial charge in [-0.3, -0.25) is 4.79 Å². The third-order valence-corrected chi connectivity index (χ3v) is 4.25. The number of rotatable bonds is 8. The van der Waals surface area contributed by atoms with Crippen molar-refractivity contribution in [2.45, 2.75) is 12.7 Å². The minimum atomic E-state index is -3.18. The van der Waals surface area contributed by atoms with Crippen molar-refractivity contribution in [2.75, 3.05) is 7.11 Å². The first-order valence-corrected chi connectivity index (χ1v) is 8.98. The van der Waals surface area contributed by atoms with Crippen molar-refractivity contribution in [2.24, 2.45) is 0 Å². The highest BCUT2D eigenvalue weighted by molar-refractivity contribution is 6.02. The molecule has 30 heavy (non-hydrogen) atoms. The van der Waals surface area contributed by atoms with Crippen LogP contribution in [0.15, 0.2) is 78.9 Å². The summed E-state index contributed by atoms with van der Waals surface area (Å²) in [4.78, 5) is 25.9. The first-order valence-electron chi connectivity index (χ1n) is 8.98. The van der Waals surface area contributed by atoms with E-state index in [0.717, 1.165) is 0 Å². The molecule has 0 aromatic heterocycles. The third-order valence-electron chi connectivity index (χ3n) is 4.25. The summed E-state index contributed by atoms with van der Waals surface area (Å²) in [6, 6.07) is 20.8. The van der Waals surface area contributed by atoms with Gasteiger partial charge in [-0.05, 0) is 12.1 Å². The molecule has 0 fully saturated rings. The summed E-state index contributed by atoms with van der Waals surface area (Å²) in [5.74, 6) is -1.97. The number of carbonyl (C=O) groups excluding carboxylic acids is 2. The third kappa shape index (κ3) is 4.81. The van der Waals surface area contributed by atoms with Crippen LogP contribution < -0.4 is 9.47 Å². The number of para-hydroxylation sites is 1. The van der Waals surface area contributed by atoms with E-state index in [2.05, 4.69) is 4.74 Å². The van der Waals surface area contributed by atoms with Gasteiger partial charge in [0.25, 0.3) is 0 Å². The molecule has 1 unspecified atom stereocenters. The van der Waals surface area contributed by atoms with Crippen LogP contribution in [-0.2, 0) is 4.74 Å². The van der Waals surface area contributed by atoms with Crippen LogP contribution in [-0.4, -0.2) is 25.5 Å². The lowest BCUT2D eigenvalue weighted by Gasteiger charge is -2.19. The molecular formula is C23H18F2O5. The molecule has 0 N–H and O–H groups in total. The van der Waals surface area contributed by atoms with E-state index >= 15 is 0 Å². The summed E-state index contributed by atoms with van der Waals surface area (Å²) >= 11 is 0. The SMILES string of the molecule is COc1cccc(C(=O)OC(C(=O)c2ccccc2)c2ccccc2)c1OC(F)F. The van der Waals surface area contributed by atoms with Gasteiger partial charge in [0.15, 0.2) is 17.6 Å². The van der Waals surface area contributed by atoms with Crippen molar-refractivity contribution in [1.82, 2.24) is 0 Å². The number of Topliss-reactive ketones (excluding diaryl/α,β-unsaturated/α-hetero) is 1. The largest absolute Gasteiger partial charge is 0.493 e. The quantitative estimate of drug-likeness (QED) is 0.382. The summed E-state index contributed by atoms with van der Waals surface area (Å²) < 4.78 is 40.7. The molecule has 3 rings (SSSR count). The number of alkyl halides is 2. The molecule has 154 valence electrons. The van der Waals surface area contributed by atoms with E-state index < -0.39 is 30.2 Å². The second kappa shape index (κ2) is 9.65. The zero-order chi connectivity index (χ0) is 21.5. The van der Waals surface area contributed by atoms with Gasteiger partial charge < -0.3 is 14.2 Å². The molecule has 3 aromatic carbocycles. The Labute approximate surface area is 171 Å². The van der Waals surface area contributed by atoms with Gasteiger partial charge in [-0.1, -0.05) is 66.7 Å². The molecule has 0 heterocycles. The number of hydrogen-bond acceptors (Lipinski definition) is 5. The smallest absolute Gasteiger partial charge is 0.387 e. The van der Waals surface area contributed by atoms with Gasteiger partial charge in [0.1, 0.15) is 5.56 Å². The van der Waals surface area contributed by atoms with Gasteiger partial charge in [0, 0.05) is 11.1 Å². The lowest BCUT2D eigenvalue weighted by Crippen LogP contribution is -2.21. The monoisotopic (exact) mass is 412 g/mol. The molecule has 3 aromatic rings. The van der Waals surface area contributed by atoms with E-state index in [1.807, 2.05) is 0 Å². The Kier molecular flexibility index (Phi) is 6.75. The number of hydrogen-bond donors (Lipinski definition) is 0. The van der Waals surface area contributed by atoms with Gasteiger partial charge >= 0.3 is 12.6 Å². The topological polar surface area (TPSA) is 61.8 Å². The molecule has 0 saturated carbocycles. The molecule has 0 aliphatic heterocycles. The van der Waals surface area contributed by atoms with Crippen molar-refractivity contribution in [3.8, 4) is 11.5 Å². The summed E-state index contributed by atoms with van der Waals surface area (Å²) in [6.07, 6.45) is -1.27. The number of methoxy groups -OCH3 is 1.